The van der Waals surface area contributed by atoms with E-state index in [0.717, 1.165) is 19.1 Å². The summed E-state index contributed by atoms with van der Waals surface area (Å²) in [4.78, 5) is 7.18. The van der Waals surface area contributed by atoms with Crippen LogP contribution in [0.5, 0.6) is 0 Å². The van der Waals surface area contributed by atoms with Crippen molar-refractivity contribution in [3.8, 4) is 0 Å². The third-order valence-electron chi connectivity index (χ3n) is 3.22. The molecule has 0 aromatic rings. The van der Waals surface area contributed by atoms with Crippen LogP contribution in [0.25, 0.3) is 0 Å². The van der Waals surface area contributed by atoms with Crippen molar-refractivity contribution in [2.45, 2.75) is 12.5 Å². The van der Waals surface area contributed by atoms with Gasteiger partial charge in [0.05, 0.1) is 0 Å². The van der Waals surface area contributed by atoms with E-state index in [9.17, 15) is 0 Å². The zero-order valence-electron chi connectivity index (χ0n) is 11.4. The number of piperazine rings is 1. The van der Waals surface area contributed by atoms with Crippen LogP contribution < -0.4 is 5.32 Å². The fraction of sp³-hybridized carbons (Fsp3) is 1.00. The Kier molecular flexibility index (Phi) is 6.28. The van der Waals surface area contributed by atoms with E-state index in [-0.39, 0.29) is 0 Å². The zero-order chi connectivity index (χ0) is 12.0. The van der Waals surface area contributed by atoms with Crippen molar-refractivity contribution in [2.75, 3.05) is 67.5 Å². The molecular weight excluding hydrogens is 200 g/mol. The van der Waals surface area contributed by atoms with E-state index in [0.29, 0.717) is 0 Å². The van der Waals surface area contributed by atoms with Crippen molar-refractivity contribution in [1.82, 2.24) is 20.0 Å². The first-order valence-corrected chi connectivity index (χ1v) is 6.34. The number of rotatable bonds is 6. The van der Waals surface area contributed by atoms with Gasteiger partial charge in [0.1, 0.15) is 0 Å². The molecule has 1 saturated heterocycles. The second-order valence-corrected chi connectivity index (χ2v) is 5.29. The summed E-state index contributed by atoms with van der Waals surface area (Å²) >= 11 is 0. The van der Waals surface area contributed by atoms with Crippen LogP contribution in [-0.4, -0.2) is 88.2 Å². The van der Waals surface area contributed by atoms with Gasteiger partial charge in [-0.2, -0.15) is 0 Å². The molecule has 1 aliphatic heterocycles. The average Bonchev–Trinajstić information content (AvgIpc) is 2.24. The van der Waals surface area contributed by atoms with Crippen LogP contribution in [0.2, 0.25) is 0 Å². The molecule has 1 rings (SSSR count). The van der Waals surface area contributed by atoms with Crippen LogP contribution in [0.3, 0.4) is 0 Å². The number of likely N-dealkylation sites (N-methyl/N-ethyl adjacent to an activating group) is 1. The van der Waals surface area contributed by atoms with Crippen LogP contribution in [-0.2, 0) is 0 Å². The summed E-state index contributed by atoms with van der Waals surface area (Å²) in [5.74, 6) is 0. The SMILES string of the molecule is CN(C)CCC1CNCCN1CCN(C)C. The molecule has 96 valence electrons. The minimum atomic E-state index is 0.719. The van der Waals surface area contributed by atoms with Gasteiger partial charge in [0.2, 0.25) is 0 Å². The van der Waals surface area contributed by atoms with Gasteiger partial charge in [-0.05, 0) is 41.2 Å². The summed E-state index contributed by atoms with van der Waals surface area (Å²) in [5, 5.41) is 3.50. The quantitative estimate of drug-likeness (QED) is 0.678. The van der Waals surface area contributed by atoms with E-state index in [1.54, 1.807) is 0 Å². The zero-order valence-corrected chi connectivity index (χ0v) is 11.4. The highest BCUT2D eigenvalue weighted by molar-refractivity contribution is 4.80. The van der Waals surface area contributed by atoms with Gasteiger partial charge in [-0.3, -0.25) is 4.90 Å². The lowest BCUT2D eigenvalue weighted by Crippen LogP contribution is -2.53. The number of nitrogens with zero attached hydrogens (tertiary/aromatic N) is 3. The highest BCUT2D eigenvalue weighted by Gasteiger charge is 2.21. The Labute approximate surface area is 101 Å². The molecule has 0 radical (unpaired) electrons. The van der Waals surface area contributed by atoms with Gasteiger partial charge in [-0.1, -0.05) is 0 Å². The Bertz CT molecular complexity index is 162. The number of hydrogen-bond donors (Lipinski definition) is 1. The van der Waals surface area contributed by atoms with Crippen LogP contribution >= 0.6 is 0 Å². The van der Waals surface area contributed by atoms with Crippen molar-refractivity contribution in [2.24, 2.45) is 0 Å². The molecule has 16 heavy (non-hydrogen) atoms. The van der Waals surface area contributed by atoms with Crippen molar-refractivity contribution in [3.63, 3.8) is 0 Å². The van der Waals surface area contributed by atoms with Crippen molar-refractivity contribution in [1.29, 1.82) is 0 Å². The largest absolute Gasteiger partial charge is 0.314 e. The highest BCUT2D eigenvalue weighted by atomic mass is 15.2. The van der Waals surface area contributed by atoms with E-state index >= 15 is 0 Å². The second kappa shape index (κ2) is 7.22. The first kappa shape index (κ1) is 13.9. The maximum atomic E-state index is 3.50. The molecule has 1 atom stereocenters. The van der Waals surface area contributed by atoms with Crippen LogP contribution in [0.15, 0.2) is 0 Å². The Morgan fingerprint density at radius 1 is 1.12 bits per heavy atom. The summed E-state index contributed by atoms with van der Waals surface area (Å²) in [7, 11) is 8.61. The lowest BCUT2D eigenvalue weighted by atomic mass is 10.1. The molecule has 1 unspecified atom stereocenters. The van der Waals surface area contributed by atoms with E-state index < -0.39 is 0 Å². The Hall–Kier alpha value is -0.160. The normalized spacial score (nSPS) is 23.2. The highest BCUT2D eigenvalue weighted by Crippen LogP contribution is 2.07. The number of hydrogen-bond acceptors (Lipinski definition) is 4. The second-order valence-electron chi connectivity index (χ2n) is 5.29. The van der Waals surface area contributed by atoms with Crippen molar-refractivity contribution >= 4 is 0 Å². The molecule has 0 amide bonds. The lowest BCUT2D eigenvalue weighted by Gasteiger charge is -2.37. The van der Waals surface area contributed by atoms with Crippen LogP contribution in [0.4, 0.5) is 0 Å². The smallest absolute Gasteiger partial charge is 0.0233 e. The summed E-state index contributed by atoms with van der Waals surface area (Å²) < 4.78 is 0. The molecule has 4 heteroatoms. The monoisotopic (exact) mass is 228 g/mol. The third-order valence-corrected chi connectivity index (χ3v) is 3.22. The van der Waals surface area contributed by atoms with E-state index in [4.69, 9.17) is 0 Å². The van der Waals surface area contributed by atoms with E-state index in [2.05, 4.69) is 48.2 Å². The Morgan fingerprint density at radius 2 is 1.81 bits per heavy atom. The van der Waals surface area contributed by atoms with Crippen molar-refractivity contribution < 1.29 is 0 Å². The van der Waals surface area contributed by atoms with Gasteiger partial charge in [0.15, 0.2) is 0 Å². The van der Waals surface area contributed by atoms with Gasteiger partial charge >= 0.3 is 0 Å². The Balaban J connectivity index is 2.31. The Morgan fingerprint density at radius 3 is 2.44 bits per heavy atom. The fourth-order valence-corrected chi connectivity index (χ4v) is 2.12. The van der Waals surface area contributed by atoms with E-state index in [1.165, 1.54) is 32.6 Å². The molecule has 0 spiro atoms. The summed E-state index contributed by atoms with van der Waals surface area (Å²) in [5.41, 5.74) is 0. The molecule has 0 saturated carbocycles. The van der Waals surface area contributed by atoms with Crippen LogP contribution in [0.1, 0.15) is 6.42 Å². The molecule has 0 aromatic carbocycles. The minimum Gasteiger partial charge on any atom is -0.314 e. The molecule has 0 aliphatic carbocycles. The predicted octanol–water partition coefficient (Wildman–Crippen LogP) is -0.226. The first-order valence-electron chi connectivity index (χ1n) is 6.34. The summed E-state index contributed by atoms with van der Waals surface area (Å²) in [6.45, 7) is 7.05. The van der Waals surface area contributed by atoms with Gasteiger partial charge in [-0.25, -0.2) is 0 Å². The molecule has 1 heterocycles. The average molecular weight is 228 g/mol. The van der Waals surface area contributed by atoms with E-state index in [1.807, 2.05) is 0 Å². The standard InChI is InChI=1S/C12H28N4/c1-14(2)7-5-12-11-13-6-8-16(12)10-9-15(3)4/h12-13H,5-11H2,1-4H3. The molecule has 1 aliphatic rings. The van der Waals surface area contributed by atoms with Gasteiger partial charge in [0.25, 0.3) is 0 Å². The number of nitrogens with one attached hydrogen (secondary N) is 1. The summed E-state index contributed by atoms with van der Waals surface area (Å²) in [6, 6.07) is 0.719. The van der Waals surface area contributed by atoms with Gasteiger partial charge < -0.3 is 15.1 Å². The van der Waals surface area contributed by atoms with Gasteiger partial charge in [-0.15, -0.1) is 0 Å². The first-order chi connectivity index (χ1) is 7.59. The summed E-state index contributed by atoms with van der Waals surface area (Å²) in [6.07, 6.45) is 1.27. The molecule has 1 N–H and O–H groups in total. The van der Waals surface area contributed by atoms with Crippen molar-refractivity contribution in [3.05, 3.63) is 0 Å². The third kappa shape index (κ3) is 5.25. The fourth-order valence-electron chi connectivity index (χ4n) is 2.12. The maximum absolute atomic E-state index is 3.50. The molecule has 1 fully saturated rings. The topological polar surface area (TPSA) is 21.8 Å². The maximum Gasteiger partial charge on any atom is 0.0233 e. The molecule has 0 aromatic heterocycles. The molecule has 4 nitrogen and oxygen atoms in total. The predicted molar refractivity (Wildman–Crippen MR) is 70.0 cm³/mol. The van der Waals surface area contributed by atoms with Gasteiger partial charge in [0, 0.05) is 38.8 Å². The van der Waals surface area contributed by atoms with Crippen LogP contribution in [0, 0.1) is 0 Å². The molecular formula is C12H28N4. The molecule has 0 bridgehead atoms. The minimum absolute atomic E-state index is 0.719. The lowest BCUT2D eigenvalue weighted by molar-refractivity contribution is 0.134.